The van der Waals surface area contributed by atoms with Crippen LogP contribution in [0.1, 0.15) is 16.7 Å². The Morgan fingerprint density at radius 2 is 1.84 bits per heavy atom. The zero-order valence-electron chi connectivity index (χ0n) is 13.9. The number of rotatable bonds is 4. The minimum atomic E-state index is -0.342. The zero-order chi connectivity index (χ0) is 17.4. The molecule has 1 saturated heterocycles. The van der Waals surface area contributed by atoms with E-state index in [0.717, 1.165) is 34.8 Å². The fraction of sp³-hybridized carbons (Fsp3) is 0.200. The second-order valence-electron chi connectivity index (χ2n) is 6.37. The van der Waals surface area contributed by atoms with Crippen molar-refractivity contribution in [3.05, 3.63) is 71.4 Å². The van der Waals surface area contributed by atoms with Gasteiger partial charge in [-0.05, 0) is 30.5 Å². The Morgan fingerprint density at radius 1 is 1.08 bits per heavy atom. The quantitative estimate of drug-likeness (QED) is 0.776. The number of aryl methyl sites for hydroxylation is 1. The number of hydrogen-bond donors (Lipinski definition) is 1. The highest BCUT2D eigenvalue weighted by Gasteiger charge is 2.32. The van der Waals surface area contributed by atoms with Gasteiger partial charge in [-0.1, -0.05) is 59.8 Å². The third-order valence-corrected chi connectivity index (χ3v) is 5.50. The summed E-state index contributed by atoms with van der Waals surface area (Å²) in [6.45, 7) is 2.86. The standard InChI is InChI=1S/C20H18N2O2S/c1-13-6-8-14(9-7-13)11-22-12-15(16-4-2-3-5-17(16)22)10-18-19(23)21-20(24)25-18/h2-9,12,18H,10-11H2,1H3,(H,21,23,24). The van der Waals surface area contributed by atoms with Crippen molar-refractivity contribution in [3.63, 3.8) is 0 Å². The van der Waals surface area contributed by atoms with Gasteiger partial charge in [-0.25, -0.2) is 0 Å². The molecule has 5 heteroatoms. The number of thioether (sulfide) groups is 1. The number of carbonyl (C=O) groups excluding carboxylic acids is 2. The van der Waals surface area contributed by atoms with Crippen LogP contribution in [0, 0.1) is 6.92 Å². The topological polar surface area (TPSA) is 51.1 Å². The smallest absolute Gasteiger partial charge is 0.286 e. The van der Waals surface area contributed by atoms with Crippen LogP contribution in [0.2, 0.25) is 0 Å². The van der Waals surface area contributed by atoms with Crippen LogP contribution >= 0.6 is 11.8 Å². The number of amides is 2. The van der Waals surface area contributed by atoms with Crippen molar-refractivity contribution in [3.8, 4) is 0 Å². The molecule has 2 heterocycles. The van der Waals surface area contributed by atoms with Crippen LogP contribution in [0.4, 0.5) is 4.79 Å². The molecule has 1 aliphatic rings. The highest BCUT2D eigenvalue weighted by atomic mass is 32.2. The minimum Gasteiger partial charge on any atom is -0.343 e. The van der Waals surface area contributed by atoms with Gasteiger partial charge in [0.15, 0.2) is 0 Å². The van der Waals surface area contributed by atoms with Crippen molar-refractivity contribution < 1.29 is 9.59 Å². The highest BCUT2D eigenvalue weighted by Crippen LogP contribution is 2.28. The summed E-state index contributed by atoms with van der Waals surface area (Å²) in [7, 11) is 0. The molecular formula is C20H18N2O2S. The normalized spacial score (nSPS) is 17.2. The van der Waals surface area contributed by atoms with E-state index in [1.165, 1.54) is 11.1 Å². The first kappa shape index (κ1) is 16.0. The molecule has 3 aromatic rings. The van der Waals surface area contributed by atoms with E-state index in [0.29, 0.717) is 6.42 Å². The number of carbonyl (C=O) groups is 2. The maximum absolute atomic E-state index is 11.9. The SMILES string of the molecule is Cc1ccc(Cn2cc(CC3SC(=O)NC3=O)c3ccccc32)cc1. The summed E-state index contributed by atoms with van der Waals surface area (Å²) in [6.07, 6.45) is 2.67. The Kier molecular flexibility index (Phi) is 4.09. The maximum atomic E-state index is 11.9. The lowest BCUT2D eigenvalue weighted by Crippen LogP contribution is -2.25. The molecule has 1 aliphatic heterocycles. The Hall–Kier alpha value is -2.53. The summed E-state index contributed by atoms with van der Waals surface area (Å²) < 4.78 is 2.22. The van der Waals surface area contributed by atoms with E-state index in [1.807, 2.05) is 12.1 Å². The number of aromatic nitrogens is 1. The van der Waals surface area contributed by atoms with Gasteiger partial charge in [0, 0.05) is 23.6 Å². The van der Waals surface area contributed by atoms with Crippen LogP contribution in [0.25, 0.3) is 10.9 Å². The van der Waals surface area contributed by atoms with Crippen molar-refractivity contribution in [2.75, 3.05) is 0 Å². The second kappa shape index (κ2) is 6.41. The van der Waals surface area contributed by atoms with Crippen LogP contribution in [0.3, 0.4) is 0 Å². The first-order chi connectivity index (χ1) is 12.1. The van der Waals surface area contributed by atoms with Crippen LogP contribution in [0.15, 0.2) is 54.7 Å². The lowest BCUT2D eigenvalue weighted by atomic mass is 10.1. The number of hydrogen-bond acceptors (Lipinski definition) is 3. The van der Waals surface area contributed by atoms with Gasteiger partial charge >= 0.3 is 0 Å². The number of nitrogens with one attached hydrogen (secondary N) is 1. The van der Waals surface area contributed by atoms with E-state index in [2.05, 4.69) is 59.4 Å². The molecule has 1 unspecified atom stereocenters. The third kappa shape index (κ3) is 3.20. The molecule has 25 heavy (non-hydrogen) atoms. The Bertz CT molecular complexity index is 959. The number of benzene rings is 2. The average molecular weight is 350 g/mol. The van der Waals surface area contributed by atoms with Gasteiger partial charge in [0.05, 0.1) is 5.25 Å². The fourth-order valence-electron chi connectivity index (χ4n) is 3.23. The lowest BCUT2D eigenvalue weighted by Gasteiger charge is -2.06. The summed E-state index contributed by atoms with van der Waals surface area (Å²) in [5.41, 5.74) is 4.73. The Morgan fingerprint density at radius 3 is 2.56 bits per heavy atom. The van der Waals surface area contributed by atoms with E-state index in [4.69, 9.17) is 0 Å². The molecule has 4 rings (SSSR count). The van der Waals surface area contributed by atoms with E-state index in [-0.39, 0.29) is 16.4 Å². The molecular weight excluding hydrogens is 332 g/mol. The molecule has 0 spiro atoms. The number of imide groups is 1. The van der Waals surface area contributed by atoms with E-state index < -0.39 is 0 Å². The van der Waals surface area contributed by atoms with E-state index in [1.54, 1.807) is 0 Å². The number of para-hydroxylation sites is 1. The summed E-state index contributed by atoms with van der Waals surface area (Å²) >= 11 is 1.08. The van der Waals surface area contributed by atoms with Gasteiger partial charge in [0.25, 0.3) is 5.24 Å². The average Bonchev–Trinajstić information content (AvgIpc) is 3.10. The first-order valence-electron chi connectivity index (χ1n) is 8.24. The molecule has 2 amide bonds. The van der Waals surface area contributed by atoms with Crippen molar-refractivity contribution in [2.45, 2.75) is 25.1 Å². The molecule has 1 aromatic heterocycles. The second-order valence-corrected chi connectivity index (χ2v) is 7.55. The molecule has 0 saturated carbocycles. The van der Waals surface area contributed by atoms with E-state index >= 15 is 0 Å². The summed E-state index contributed by atoms with van der Waals surface area (Å²) in [4.78, 5) is 23.3. The van der Waals surface area contributed by atoms with Crippen molar-refractivity contribution in [1.29, 1.82) is 0 Å². The molecule has 126 valence electrons. The van der Waals surface area contributed by atoms with Crippen LogP contribution < -0.4 is 5.32 Å². The van der Waals surface area contributed by atoms with Gasteiger partial charge in [0.1, 0.15) is 0 Å². The number of fused-ring (bicyclic) bond motifs is 1. The largest absolute Gasteiger partial charge is 0.343 e. The molecule has 1 N–H and O–H groups in total. The predicted molar refractivity (Wildman–Crippen MR) is 101 cm³/mol. The maximum Gasteiger partial charge on any atom is 0.286 e. The van der Waals surface area contributed by atoms with Crippen molar-refractivity contribution in [2.24, 2.45) is 0 Å². The Balaban J connectivity index is 1.67. The van der Waals surface area contributed by atoms with Gasteiger partial charge in [0.2, 0.25) is 5.91 Å². The molecule has 4 nitrogen and oxygen atoms in total. The Labute approximate surface area is 150 Å². The summed E-state index contributed by atoms with van der Waals surface area (Å²) in [5, 5.41) is 2.91. The monoisotopic (exact) mass is 350 g/mol. The number of nitrogens with zero attached hydrogens (tertiary/aromatic N) is 1. The van der Waals surface area contributed by atoms with Crippen molar-refractivity contribution in [1.82, 2.24) is 9.88 Å². The highest BCUT2D eigenvalue weighted by molar-refractivity contribution is 8.15. The summed E-state index contributed by atoms with van der Waals surface area (Å²) in [5.74, 6) is -0.189. The van der Waals surface area contributed by atoms with Gasteiger partial charge in [-0.15, -0.1) is 0 Å². The molecule has 1 fully saturated rings. The van der Waals surface area contributed by atoms with Gasteiger partial charge in [-0.2, -0.15) is 0 Å². The minimum absolute atomic E-state index is 0.189. The lowest BCUT2D eigenvalue weighted by molar-refractivity contribution is -0.118. The summed E-state index contributed by atoms with van der Waals surface area (Å²) in [6, 6.07) is 16.7. The van der Waals surface area contributed by atoms with Crippen LogP contribution in [-0.4, -0.2) is 21.0 Å². The van der Waals surface area contributed by atoms with Gasteiger partial charge in [-0.3, -0.25) is 14.9 Å². The third-order valence-electron chi connectivity index (χ3n) is 4.52. The van der Waals surface area contributed by atoms with E-state index in [9.17, 15) is 9.59 Å². The first-order valence-corrected chi connectivity index (χ1v) is 9.12. The van der Waals surface area contributed by atoms with Crippen molar-refractivity contribution >= 4 is 33.8 Å². The molecule has 1 atom stereocenters. The molecule has 0 bridgehead atoms. The zero-order valence-corrected chi connectivity index (χ0v) is 14.7. The molecule has 0 aliphatic carbocycles. The molecule has 2 aromatic carbocycles. The van der Waals surface area contributed by atoms with Crippen LogP contribution in [-0.2, 0) is 17.8 Å². The molecule has 0 radical (unpaired) electrons. The van der Waals surface area contributed by atoms with Crippen LogP contribution in [0.5, 0.6) is 0 Å². The predicted octanol–water partition coefficient (Wildman–Crippen LogP) is 3.89. The fourth-order valence-corrected chi connectivity index (χ4v) is 4.08. The van der Waals surface area contributed by atoms with Gasteiger partial charge < -0.3 is 4.57 Å².